The third-order valence-electron chi connectivity index (χ3n) is 3.89. The number of halogens is 1. The minimum atomic E-state index is -3.65. The molecular weight excluding hydrogens is 415 g/mol. The molecule has 29 heavy (non-hydrogen) atoms. The molecule has 0 aliphatic rings. The Bertz CT molecular complexity index is 922. The van der Waals surface area contributed by atoms with E-state index >= 15 is 0 Å². The van der Waals surface area contributed by atoms with Gasteiger partial charge in [-0.15, -0.1) is 0 Å². The number of carbonyl (C=O) groups excluding carboxylic acids is 1. The number of thioether (sulfide) groups is 1. The smallest absolute Gasteiger partial charge is 0.240 e. The summed E-state index contributed by atoms with van der Waals surface area (Å²) in [7, 11) is -3.65. The van der Waals surface area contributed by atoms with E-state index in [1.807, 2.05) is 6.92 Å². The number of hydrogen-bond acceptors (Lipinski definition) is 5. The lowest BCUT2D eigenvalue weighted by Crippen LogP contribution is -2.41. The molecule has 0 aromatic heterocycles. The van der Waals surface area contributed by atoms with Crippen molar-refractivity contribution in [2.75, 3.05) is 36.0 Å². The maximum atomic E-state index is 13.6. The third kappa shape index (κ3) is 7.58. The van der Waals surface area contributed by atoms with E-state index in [0.717, 1.165) is 10.6 Å². The van der Waals surface area contributed by atoms with Crippen molar-refractivity contribution < 1.29 is 22.3 Å². The molecule has 0 unspecified atom stereocenters. The highest BCUT2D eigenvalue weighted by Crippen LogP contribution is 2.23. The Labute approximate surface area is 175 Å². The van der Waals surface area contributed by atoms with Crippen LogP contribution in [0.3, 0.4) is 0 Å². The van der Waals surface area contributed by atoms with Crippen LogP contribution in [0.2, 0.25) is 0 Å². The monoisotopic (exact) mass is 440 g/mol. The summed E-state index contributed by atoms with van der Waals surface area (Å²) in [6, 6.07) is 13.2. The lowest BCUT2D eigenvalue weighted by molar-refractivity contribution is -0.119. The van der Waals surface area contributed by atoms with Crippen LogP contribution in [0, 0.1) is 5.82 Å². The van der Waals surface area contributed by atoms with E-state index in [-0.39, 0.29) is 12.4 Å². The van der Waals surface area contributed by atoms with Crippen LogP contribution >= 0.6 is 11.8 Å². The topological polar surface area (TPSA) is 75.7 Å². The molecule has 158 valence electrons. The number of benzene rings is 2. The van der Waals surface area contributed by atoms with Crippen LogP contribution in [0.5, 0.6) is 5.75 Å². The molecule has 0 atom stereocenters. The summed E-state index contributed by atoms with van der Waals surface area (Å²) in [6.07, 6.45) is 1.05. The average molecular weight is 441 g/mol. The van der Waals surface area contributed by atoms with Crippen molar-refractivity contribution in [1.29, 1.82) is 0 Å². The van der Waals surface area contributed by atoms with Gasteiger partial charge in [0, 0.05) is 24.1 Å². The van der Waals surface area contributed by atoms with E-state index in [0.29, 0.717) is 41.7 Å². The van der Waals surface area contributed by atoms with E-state index in [1.165, 1.54) is 17.8 Å². The third-order valence-corrected chi connectivity index (χ3v) is 6.04. The van der Waals surface area contributed by atoms with Gasteiger partial charge in [-0.1, -0.05) is 24.3 Å². The Balaban J connectivity index is 1.87. The number of carbonyl (C=O) groups is 1. The van der Waals surface area contributed by atoms with Gasteiger partial charge < -0.3 is 10.1 Å². The van der Waals surface area contributed by atoms with Crippen LogP contribution in [0.15, 0.2) is 48.5 Å². The minimum Gasteiger partial charge on any atom is -0.494 e. The number of sulfonamides is 1. The lowest BCUT2D eigenvalue weighted by atomic mass is 10.2. The maximum absolute atomic E-state index is 13.6. The van der Waals surface area contributed by atoms with Gasteiger partial charge in [0.05, 0.1) is 18.6 Å². The Kier molecular flexibility index (Phi) is 8.78. The van der Waals surface area contributed by atoms with Crippen molar-refractivity contribution in [3.8, 4) is 5.75 Å². The summed E-state index contributed by atoms with van der Waals surface area (Å²) in [4.78, 5) is 12.3. The van der Waals surface area contributed by atoms with Gasteiger partial charge in [-0.05, 0) is 30.7 Å². The number of nitrogens with zero attached hydrogens (tertiary/aromatic N) is 1. The summed E-state index contributed by atoms with van der Waals surface area (Å²) >= 11 is 1.49. The molecule has 0 aliphatic heterocycles. The van der Waals surface area contributed by atoms with Crippen LogP contribution in [-0.4, -0.2) is 46.0 Å². The first-order chi connectivity index (χ1) is 13.8. The van der Waals surface area contributed by atoms with Crippen LogP contribution in [0.1, 0.15) is 12.5 Å². The molecule has 1 N–H and O–H groups in total. The average Bonchev–Trinajstić information content (AvgIpc) is 2.67. The molecule has 0 radical (unpaired) electrons. The van der Waals surface area contributed by atoms with Gasteiger partial charge in [0.25, 0.3) is 0 Å². The molecule has 2 aromatic rings. The van der Waals surface area contributed by atoms with Crippen LogP contribution < -0.4 is 14.4 Å². The molecule has 9 heteroatoms. The molecule has 0 saturated heterocycles. The molecule has 2 rings (SSSR count). The number of rotatable bonds is 11. The van der Waals surface area contributed by atoms with Gasteiger partial charge in [-0.2, -0.15) is 11.8 Å². The summed E-state index contributed by atoms with van der Waals surface area (Å²) in [6.45, 7) is 2.31. The van der Waals surface area contributed by atoms with Crippen molar-refractivity contribution >= 4 is 33.4 Å². The molecule has 0 heterocycles. The fourth-order valence-electron chi connectivity index (χ4n) is 2.54. The van der Waals surface area contributed by atoms with E-state index in [9.17, 15) is 17.6 Å². The van der Waals surface area contributed by atoms with Gasteiger partial charge in [0.2, 0.25) is 15.9 Å². The Morgan fingerprint density at radius 1 is 1.21 bits per heavy atom. The zero-order valence-corrected chi connectivity index (χ0v) is 18.1. The SMILES string of the molecule is CCOc1cccc(N(CC(=O)NCCSCc2ccccc2F)S(C)(=O)=O)c1. The first-order valence-electron chi connectivity index (χ1n) is 9.09. The largest absolute Gasteiger partial charge is 0.494 e. The Morgan fingerprint density at radius 2 is 1.97 bits per heavy atom. The predicted octanol–water partition coefficient (Wildman–Crippen LogP) is 3.04. The van der Waals surface area contributed by atoms with Crippen molar-refractivity contribution in [2.45, 2.75) is 12.7 Å². The number of hydrogen-bond donors (Lipinski definition) is 1. The van der Waals surface area contributed by atoms with Crippen LogP contribution in [0.4, 0.5) is 10.1 Å². The summed E-state index contributed by atoms with van der Waals surface area (Å²) < 4.78 is 44.3. The first-order valence-corrected chi connectivity index (χ1v) is 12.1. The normalized spacial score (nSPS) is 11.1. The molecule has 0 bridgehead atoms. The van der Waals surface area contributed by atoms with Crippen molar-refractivity contribution in [1.82, 2.24) is 5.32 Å². The fraction of sp³-hybridized carbons (Fsp3) is 0.350. The van der Waals surface area contributed by atoms with Gasteiger partial charge in [-0.25, -0.2) is 12.8 Å². The van der Waals surface area contributed by atoms with E-state index < -0.39 is 15.9 Å². The van der Waals surface area contributed by atoms with Gasteiger partial charge in [0.15, 0.2) is 0 Å². The zero-order chi connectivity index (χ0) is 21.3. The molecule has 2 aromatic carbocycles. The highest BCUT2D eigenvalue weighted by Gasteiger charge is 2.21. The highest BCUT2D eigenvalue weighted by atomic mass is 32.2. The number of amides is 1. The van der Waals surface area contributed by atoms with Crippen molar-refractivity contribution in [3.63, 3.8) is 0 Å². The molecule has 0 aliphatic carbocycles. The second kappa shape index (κ2) is 11.1. The number of nitrogens with one attached hydrogen (secondary N) is 1. The van der Waals surface area contributed by atoms with E-state index in [2.05, 4.69) is 5.32 Å². The molecular formula is C20H25FN2O4S2. The van der Waals surface area contributed by atoms with Gasteiger partial charge in [-0.3, -0.25) is 9.10 Å². The fourth-order valence-corrected chi connectivity index (χ4v) is 4.23. The molecule has 6 nitrogen and oxygen atoms in total. The summed E-state index contributed by atoms with van der Waals surface area (Å²) in [5.74, 6) is 0.954. The highest BCUT2D eigenvalue weighted by molar-refractivity contribution is 7.98. The molecule has 0 fully saturated rings. The Hall–Kier alpha value is -2.26. The minimum absolute atomic E-state index is 0.248. The van der Waals surface area contributed by atoms with Crippen LogP contribution in [-0.2, 0) is 20.6 Å². The maximum Gasteiger partial charge on any atom is 0.240 e. The second-order valence-electron chi connectivity index (χ2n) is 6.19. The molecule has 1 amide bonds. The first kappa shape index (κ1) is 23.0. The molecule has 0 saturated carbocycles. The van der Waals surface area contributed by atoms with Crippen molar-refractivity contribution in [3.05, 3.63) is 59.9 Å². The second-order valence-corrected chi connectivity index (χ2v) is 9.21. The lowest BCUT2D eigenvalue weighted by Gasteiger charge is -2.22. The zero-order valence-electron chi connectivity index (χ0n) is 16.4. The number of ether oxygens (including phenoxy) is 1. The molecule has 0 spiro atoms. The van der Waals surface area contributed by atoms with E-state index in [4.69, 9.17) is 4.74 Å². The van der Waals surface area contributed by atoms with Crippen molar-refractivity contribution in [2.24, 2.45) is 0 Å². The van der Waals surface area contributed by atoms with Crippen LogP contribution in [0.25, 0.3) is 0 Å². The predicted molar refractivity (Wildman–Crippen MR) is 115 cm³/mol. The quantitative estimate of drug-likeness (QED) is 0.544. The van der Waals surface area contributed by atoms with Gasteiger partial charge >= 0.3 is 0 Å². The number of anilines is 1. The standard InChI is InChI=1S/C20H25FN2O4S2/c1-3-27-18-9-6-8-17(13-18)23(29(2,25)26)14-20(24)22-11-12-28-15-16-7-4-5-10-19(16)21/h4-10,13H,3,11-12,14-15H2,1-2H3,(H,22,24). The van der Waals surface area contributed by atoms with E-state index in [1.54, 1.807) is 42.5 Å². The summed E-state index contributed by atoms with van der Waals surface area (Å²) in [5, 5.41) is 2.70. The Morgan fingerprint density at radius 3 is 2.66 bits per heavy atom. The van der Waals surface area contributed by atoms with Gasteiger partial charge in [0.1, 0.15) is 18.1 Å². The summed E-state index contributed by atoms with van der Waals surface area (Å²) in [5.41, 5.74) is 0.976.